The Kier molecular flexibility index (Phi) is 6.51. The second-order valence-electron chi connectivity index (χ2n) is 5.85. The number of hydrogen-bond donors (Lipinski definition) is 0. The Balaban J connectivity index is 2.32. The van der Waals surface area contributed by atoms with Crippen LogP contribution in [0.5, 0.6) is 5.75 Å². The summed E-state index contributed by atoms with van der Waals surface area (Å²) < 4.78 is 24.2. The van der Waals surface area contributed by atoms with E-state index in [-0.39, 0.29) is 0 Å². The van der Waals surface area contributed by atoms with E-state index >= 15 is 0 Å². The van der Waals surface area contributed by atoms with Crippen LogP contribution in [0.3, 0.4) is 0 Å². The van der Waals surface area contributed by atoms with Crippen LogP contribution in [0.4, 0.5) is 4.39 Å². The van der Waals surface area contributed by atoms with Crippen LogP contribution in [-0.2, 0) is 16.0 Å². The third-order valence-corrected chi connectivity index (χ3v) is 4.12. The molecule has 26 heavy (non-hydrogen) atoms. The van der Waals surface area contributed by atoms with Gasteiger partial charge in [0.2, 0.25) is 0 Å². The largest absolute Gasteiger partial charge is 0.466 e. The van der Waals surface area contributed by atoms with Crippen LogP contribution in [0.25, 0.3) is 0 Å². The van der Waals surface area contributed by atoms with Crippen LogP contribution in [0, 0.1) is 24.2 Å². The van der Waals surface area contributed by atoms with Gasteiger partial charge in [-0.3, -0.25) is 0 Å². The molecular formula is C21H20FNO3. The number of carbonyl (C=O) groups is 1. The number of hydrogen-bond acceptors (Lipinski definition) is 4. The highest BCUT2D eigenvalue weighted by atomic mass is 19.1. The van der Waals surface area contributed by atoms with Crippen LogP contribution in [0.1, 0.15) is 23.1 Å². The number of methoxy groups -OCH3 is 1. The maximum Gasteiger partial charge on any atom is 0.334 e. The van der Waals surface area contributed by atoms with Crippen molar-refractivity contribution in [3.63, 3.8) is 0 Å². The highest BCUT2D eigenvalue weighted by molar-refractivity contribution is 5.90. The van der Waals surface area contributed by atoms with Gasteiger partial charge in [-0.2, -0.15) is 5.26 Å². The Hall–Kier alpha value is -3.13. The molecule has 0 aromatic heterocycles. The predicted octanol–water partition coefficient (Wildman–Crippen LogP) is 4.46. The zero-order valence-corrected chi connectivity index (χ0v) is 14.8. The van der Waals surface area contributed by atoms with Gasteiger partial charge in [-0.1, -0.05) is 18.7 Å². The Morgan fingerprint density at radius 1 is 1.46 bits per heavy atom. The van der Waals surface area contributed by atoms with Gasteiger partial charge in [-0.15, -0.1) is 0 Å². The van der Waals surface area contributed by atoms with E-state index in [1.807, 2.05) is 6.92 Å². The molecule has 0 saturated carbocycles. The monoisotopic (exact) mass is 353 g/mol. The molecule has 0 amide bonds. The number of rotatable bonds is 6. The van der Waals surface area contributed by atoms with E-state index in [2.05, 4.69) is 12.6 Å². The summed E-state index contributed by atoms with van der Waals surface area (Å²) in [6.07, 6.45) is 8.03. The quantitative estimate of drug-likeness (QED) is 0.560. The number of nitrogens with zero attached hydrogens (tertiary/aromatic N) is 1. The maximum atomic E-state index is 13.9. The van der Waals surface area contributed by atoms with Crippen molar-refractivity contribution in [2.24, 2.45) is 5.92 Å². The van der Waals surface area contributed by atoms with Crippen molar-refractivity contribution < 1.29 is 18.7 Å². The number of ether oxygens (including phenoxy) is 2. The third-order valence-electron chi connectivity index (χ3n) is 4.12. The zero-order chi connectivity index (χ0) is 19.1. The molecule has 5 heteroatoms. The fourth-order valence-corrected chi connectivity index (χ4v) is 2.94. The Bertz CT molecular complexity index is 844. The van der Waals surface area contributed by atoms with Gasteiger partial charge in [0.05, 0.1) is 25.0 Å². The lowest BCUT2D eigenvalue weighted by Gasteiger charge is -2.17. The lowest BCUT2D eigenvalue weighted by molar-refractivity contribution is -0.136. The van der Waals surface area contributed by atoms with Crippen molar-refractivity contribution in [3.8, 4) is 11.8 Å². The molecule has 1 aliphatic rings. The summed E-state index contributed by atoms with van der Waals surface area (Å²) >= 11 is 0. The summed E-state index contributed by atoms with van der Waals surface area (Å²) in [5.74, 6) is -0.719. The van der Waals surface area contributed by atoms with Crippen molar-refractivity contribution >= 4 is 5.97 Å². The van der Waals surface area contributed by atoms with Gasteiger partial charge in [0.1, 0.15) is 11.6 Å². The minimum Gasteiger partial charge on any atom is -0.466 e. The normalized spacial score (nSPS) is 16.0. The highest BCUT2D eigenvalue weighted by Crippen LogP contribution is 2.31. The minimum absolute atomic E-state index is 0.385. The molecule has 134 valence electrons. The molecule has 2 rings (SSSR count). The number of allylic oxidation sites excluding steroid dienone is 5. The first kappa shape index (κ1) is 19.2. The third kappa shape index (κ3) is 4.48. The molecule has 4 nitrogen and oxygen atoms in total. The van der Waals surface area contributed by atoms with E-state index in [9.17, 15) is 14.4 Å². The summed E-state index contributed by atoms with van der Waals surface area (Å²) in [7, 11) is 1.30. The Morgan fingerprint density at radius 2 is 2.23 bits per heavy atom. The topological polar surface area (TPSA) is 59.3 Å². The highest BCUT2D eigenvalue weighted by Gasteiger charge is 2.22. The van der Waals surface area contributed by atoms with Gasteiger partial charge in [-0.05, 0) is 55.2 Å². The van der Waals surface area contributed by atoms with Crippen LogP contribution < -0.4 is 4.74 Å². The van der Waals surface area contributed by atoms with Crippen molar-refractivity contribution in [2.75, 3.05) is 7.11 Å². The van der Waals surface area contributed by atoms with E-state index < -0.39 is 17.7 Å². The van der Waals surface area contributed by atoms with Crippen LogP contribution in [-0.4, -0.2) is 13.1 Å². The van der Waals surface area contributed by atoms with Gasteiger partial charge in [-0.25, -0.2) is 9.18 Å². The number of halogens is 1. The summed E-state index contributed by atoms with van der Waals surface area (Å²) in [5, 5.41) is 9.19. The van der Waals surface area contributed by atoms with Crippen LogP contribution in [0.15, 0.2) is 60.7 Å². The van der Waals surface area contributed by atoms with E-state index in [4.69, 9.17) is 9.47 Å². The average Bonchev–Trinajstić information content (AvgIpc) is 2.82. The SMILES string of the molecule is C=COc1c(C)cc(C#N)cc1CCC1C=C(F)C=CC=C1C(=O)OC. The number of carbonyl (C=O) groups excluding carboxylic acids is 1. The van der Waals surface area contributed by atoms with E-state index in [0.29, 0.717) is 29.7 Å². The van der Waals surface area contributed by atoms with Gasteiger partial charge in [0, 0.05) is 11.5 Å². The second-order valence-corrected chi connectivity index (χ2v) is 5.85. The Morgan fingerprint density at radius 3 is 2.88 bits per heavy atom. The molecule has 0 bridgehead atoms. The van der Waals surface area contributed by atoms with Crippen LogP contribution >= 0.6 is 0 Å². The summed E-state index contributed by atoms with van der Waals surface area (Å²) in [4.78, 5) is 12.0. The predicted molar refractivity (Wildman–Crippen MR) is 97.0 cm³/mol. The van der Waals surface area contributed by atoms with Crippen molar-refractivity contribution in [2.45, 2.75) is 19.8 Å². The van der Waals surface area contributed by atoms with Gasteiger partial charge in [0.25, 0.3) is 0 Å². The molecule has 1 aromatic rings. The maximum absolute atomic E-state index is 13.9. The lowest BCUT2D eigenvalue weighted by atomic mass is 9.90. The van der Waals surface area contributed by atoms with Crippen molar-refractivity contribution in [1.29, 1.82) is 5.26 Å². The van der Waals surface area contributed by atoms with E-state index in [1.165, 1.54) is 31.6 Å². The molecule has 0 spiro atoms. The molecule has 0 saturated heterocycles. The summed E-state index contributed by atoms with van der Waals surface area (Å²) in [6, 6.07) is 5.59. The molecule has 1 aliphatic carbocycles. The molecule has 0 radical (unpaired) electrons. The lowest BCUT2D eigenvalue weighted by Crippen LogP contribution is -2.14. The molecule has 0 fully saturated rings. The first-order chi connectivity index (χ1) is 12.5. The van der Waals surface area contributed by atoms with Crippen molar-refractivity contribution in [1.82, 2.24) is 0 Å². The summed E-state index contributed by atoms with van der Waals surface area (Å²) in [5.41, 5.74) is 2.52. The standard InChI is InChI=1S/C21H20FNO3/c1-4-26-20-14(2)10-15(13-23)11-17(20)9-8-16-12-18(22)6-5-7-19(16)21(24)25-3/h4-7,10-12,16H,1,8-9H2,2-3H3. The molecular weight excluding hydrogens is 333 g/mol. The zero-order valence-electron chi connectivity index (χ0n) is 14.8. The van der Waals surface area contributed by atoms with E-state index in [0.717, 1.165) is 11.1 Å². The summed E-state index contributed by atoms with van der Waals surface area (Å²) in [6.45, 7) is 5.42. The Labute approximate surface area is 152 Å². The number of nitriles is 1. The molecule has 1 aromatic carbocycles. The first-order valence-electron chi connectivity index (χ1n) is 8.15. The molecule has 0 heterocycles. The second kappa shape index (κ2) is 8.82. The molecule has 1 unspecified atom stereocenters. The average molecular weight is 353 g/mol. The number of benzene rings is 1. The molecule has 0 aliphatic heterocycles. The smallest absolute Gasteiger partial charge is 0.334 e. The molecule has 0 N–H and O–H groups in total. The fraction of sp³-hybridized carbons (Fsp3) is 0.238. The number of esters is 1. The first-order valence-corrected chi connectivity index (χ1v) is 8.15. The van der Waals surface area contributed by atoms with Crippen molar-refractivity contribution in [3.05, 3.63) is 77.4 Å². The van der Waals surface area contributed by atoms with Gasteiger partial charge in [0.15, 0.2) is 0 Å². The minimum atomic E-state index is -0.491. The van der Waals surface area contributed by atoms with Gasteiger partial charge < -0.3 is 9.47 Å². The van der Waals surface area contributed by atoms with E-state index in [1.54, 1.807) is 18.2 Å². The fourth-order valence-electron chi connectivity index (χ4n) is 2.94. The number of aryl methyl sites for hydroxylation is 2. The van der Waals surface area contributed by atoms with Crippen LogP contribution in [0.2, 0.25) is 0 Å². The molecule has 1 atom stereocenters. The van der Waals surface area contributed by atoms with Gasteiger partial charge >= 0.3 is 5.97 Å².